The van der Waals surface area contributed by atoms with Gasteiger partial charge in [0.1, 0.15) is 5.82 Å². The van der Waals surface area contributed by atoms with Gasteiger partial charge in [-0.15, -0.1) is 0 Å². The van der Waals surface area contributed by atoms with Crippen molar-refractivity contribution in [3.05, 3.63) is 35.9 Å². The number of para-hydroxylation sites is 1. The van der Waals surface area contributed by atoms with E-state index in [1.165, 1.54) is 0 Å². The second kappa shape index (κ2) is 5.59. The number of ether oxygens (including phenoxy) is 1. The van der Waals surface area contributed by atoms with Crippen LogP contribution in [0.4, 0.5) is 5.82 Å². The van der Waals surface area contributed by atoms with Crippen LogP contribution in [0.2, 0.25) is 0 Å². The molecule has 116 valence electrons. The summed E-state index contributed by atoms with van der Waals surface area (Å²) < 4.78 is 5.23. The Morgan fingerprint density at radius 1 is 1.41 bits per heavy atom. The lowest BCUT2D eigenvalue weighted by molar-refractivity contribution is -0.153. The van der Waals surface area contributed by atoms with E-state index in [9.17, 15) is 4.79 Å². The van der Waals surface area contributed by atoms with Crippen molar-refractivity contribution in [2.75, 3.05) is 24.6 Å². The Morgan fingerprint density at radius 2 is 2.18 bits per heavy atom. The van der Waals surface area contributed by atoms with Crippen molar-refractivity contribution < 1.29 is 9.53 Å². The first-order valence-corrected chi connectivity index (χ1v) is 7.82. The van der Waals surface area contributed by atoms with Crippen molar-refractivity contribution in [3.63, 3.8) is 0 Å². The highest BCUT2D eigenvalue weighted by atomic mass is 16.5. The van der Waals surface area contributed by atoms with Crippen LogP contribution in [0.25, 0.3) is 10.9 Å². The average molecular weight is 298 g/mol. The summed E-state index contributed by atoms with van der Waals surface area (Å²) in [5.41, 5.74) is 1.70. The fraction of sp³-hybridized carbons (Fsp3) is 0.444. The topological polar surface area (TPSA) is 42.4 Å². The Balaban J connectivity index is 1.89. The number of carbonyl (C=O) groups is 1. The van der Waals surface area contributed by atoms with Crippen molar-refractivity contribution in [1.29, 1.82) is 0 Å². The minimum Gasteiger partial charge on any atom is -0.466 e. The van der Waals surface area contributed by atoms with Gasteiger partial charge in [0.25, 0.3) is 0 Å². The molecule has 22 heavy (non-hydrogen) atoms. The van der Waals surface area contributed by atoms with E-state index >= 15 is 0 Å². The molecule has 0 saturated carbocycles. The normalized spacial score (nSPS) is 21.3. The predicted octanol–water partition coefficient (Wildman–Crippen LogP) is 3.32. The number of carbonyl (C=O) groups excluding carboxylic acids is 1. The summed E-state index contributed by atoms with van der Waals surface area (Å²) in [4.78, 5) is 19.2. The Hall–Kier alpha value is -2.10. The number of rotatable bonds is 3. The number of benzene rings is 1. The van der Waals surface area contributed by atoms with Crippen LogP contribution in [-0.2, 0) is 9.53 Å². The van der Waals surface area contributed by atoms with E-state index in [0.29, 0.717) is 13.2 Å². The van der Waals surface area contributed by atoms with Gasteiger partial charge in [0.05, 0.1) is 17.5 Å². The molecule has 1 aromatic carbocycles. The Morgan fingerprint density at radius 3 is 2.95 bits per heavy atom. The molecule has 4 heteroatoms. The van der Waals surface area contributed by atoms with Crippen molar-refractivity contribution in [3.8, 4) is 0 Å². The van der Waals surface area contributed by atoms with Gasteiger partial charge in [-0.05, 0) is 44.9 Å². The zero-order valence-corrected chi connectivity index (χ0v) is 13.4. The van der Waals surface area contributed by atoms with E-state index < -0.39 is 5.41 Å². The second-order valence-corrected chi connectivity index (χ2v) is 6.27. The summed E-state index contributed by atoms with van der Waals surface area (Å²) in [7, 11) is 0. The standard InChI is InChI=1S/C18H22N2O2/c1-4-22-17(21)18(3)9-10-20(12-18)16-13(2)11-14-7-5-6-8-15(14)19-16/h5-8,11H,4,9-10,12H2,1-3H3. The molecular formula is C18H22N2O2. The summed E-state index contributed by atoms with van der Waals surface area (Å²) >= 11 is 0. The number of aromatic nitrogens is 1. The van der Waals surface area contributed by atoms with Crippen LogP contribution in [0, 0.1) is 12.3 Å². The number of fused-ring (bicyclic) bond motifs is 1. The summed E-state index contributed by atoms with van der Waals surface area (Å²) in [5.74, 6) is 0.877. The zero-order valence-electron chi connectivity index (χ0n) is 13.4. The Labute approximate surface area is 131 Å². The fourth-order valence-electron chi connectivity index (χ4n) is 3.15. The molecule has 1 unspecified atom stereocenters. The van der Waals surface area contributed by atoms with Crippen molar-refractivity contribution >= 4 is 22.7 Å². The molecule has 0 N–H and O–H groups in total. The fourth-order valence-corrected chi connectivity index (χ4v) is 3.15. The first-order valence-electron chi connectivity index (χ1n) is 7.82. The summed E-state index contributed by atoms with van der Waals surface area (Å²) in [6.45, 7) is 7.85. The van der Waals surface area contributed by atoms with Crippen LogP contribution in [0.5, 0.6) is 0 Å². The lowest BCUT2D eigenvalue weighted by Crippen LogP contribution is -2.34. The van der Waals surface area contributed by atoms with Gasteiger partial charge in [0.2, 0.25) is 0 Å². The Bertz CT molecular complexity index is 713. The number of anilines is 1. The summed E-state index contributed by atoms with van der Waals surface area (Å²) in [5, 5.41) is 1.15. The molecule has 4 nitrogen and oxygen atoms in total. The lowest BCUT2D eigenvalue weighted by atomic mass is 9.90. The lowest BCUT2D eigenvalue weighted by Gasteiger charge is -2.24. The third-order valence-electron chi connectivity index (χ3n) is 4.43. The largest absolute Gasteiger partial charge is 0.466 e. The van der Waals surface area contributed by atoms with E-state index in [2.05, 4.69) is 24.0 Å². The van der Waals surface area contributed by atoms with Gasteiger partial charge in [0.15, 0.2) is 0 Å². The molecule has 1 fully saturated rings. The highest BCUT2D eigenvalue weighted by molar-refractivity contribution is 5.82. The third-order valence-corrected chi connectivity index (χ3v) is 4.43. The smallest absolute Gasteiger partial charge is 0.313 e. The quantitative estimate of drug-likeness (QED) is 0.815. The van der Waals surface area contributed by atoms with Gasteiger partial charge in [-0.25, -0.2) is 4.98 Å². The SMILES string of the molecule is CCOC(=O)C1(C)CCN(c2nc3ccccc3cc2C)C1. The molecule has 0 bridgehead atoms. The summed E-state index contributed by atoms with van der Waals surface area (Å²) in [6, 6.07) is 10.3. The van der Waals surface area contributed by atoms with Gasteiger partial charge >= 0.3 is 5.97 Å². The van der Waals surface area contributed by atoms with Gasteiger partial charge in [-0.3, -0.25) is 4.79 Å². The highest BCUT2D eigenvalue weighted by Crippen LogP contribution is 2.35. The van der Waals surface area contributed by atoms with E-state index in [0.717, 1.165) is 35.2 Å². The molecule has 1 saturated heterocycles. The van der Waals surface area contributed by atoms with Crippen LogP contribution in [-0.4, -0.2) is 30.6 Å². The minimum atomic E-state index is -0.435. The number of hydrogen-bond donors (Lipinski definition) is 0. The van der Waals surface area contributed by atoms with Crippen LogP contribution in [0.1, 0.15) is 25.8 Å². The van der Waals surface area contributed by atoms with Crippen LogP contribution < -0.4 is 4.90 Å². The van der Waals surface area contributed by atoms with E-state index in [1.807, 2.05) is 32.0 Å². The molecular weight excluding hydrogens is 276 g/mol. The monoisotopic (exact) mass is 298 g/mol. The second-order valence-electron chi connectivity index (χ2n) is 6.27. The van der Waals surface area contributed by atoms with Crippen molar-refractivity contribution in [1.82, 2.24) is 4.98 Å². The zero-order chi connectivity index (χ0) is 15.7. The number of pyridine rings is 1. The molecule has 1 aromatic heterocycles. The summed E-state index contributed by atoms with van der Waals surface area (Å²) in [6.07, 6.45) is 0.805. The minimum absolute atomic E-state index is 0.101. The van der Waals surface area contributed by atoms with Gasteiger partial charge in [-0.2, -0.15) is 0 Å². The molecule has 0 radical (unpaired) electrons. The third kappa shape index (κ3) is 2.54. The van der Waals surface area contributed by atoms with Gasteiger partial charge in [0, 0.05) is 18.5 Å². The van der Waals surface area contributed by atoms with Crippen LogP contribution in [0.3, 0.4) is 0 Å². The first-order chi connectivity index (χ1) is 10.5. The number of hydrogen-bond acceptors (Lipinski definition) is 4. The number of esters is 1. The van der Waals surface area contributed by atoms with Crippen LogP contribution >= 0.6 is 0 Å². The number of nitrogens with zero attached hydrogens (tertiary/aromatic N) is 2. The van der Waals surface area contributed by atoms with E-state index in [1.54, 1.807) is 0 Å². The van der Waals surface area contributed by atoms with E-state index in [4.69, 9.17) is 9.72 Å². The molecule has 2 aromatic rings. The van der Waals surface area contributed by atoms with Crippen molar-refractivity contribution in [2.45, 2.75) is 27.2 Å². The molecule has 1 atom stereocenters. The predicted molar refractivity (Wildman–Crippen MR) is 88.1 cm³/mol. The number of aryl methyl sites for hydroxylation is 1. The maximum atomic E-state index is 12.2. The van der Waals surface area contributed by atoms with Crippen LogP contribution in [0.15, 0.2) is 30.3 Å². The van der Waals surface area contributed by atoms with E-state index in [-0.39, 0.29) is 5.97 Å². The molecule has 1 aliphatic rings. The maximum Gasteiger partial charge on any atom is 0.313 e. The first kappa shape index (κ1) is 14.8. The molecule has 0 aliphatic carbocycles. The van der Waals surface area contributed by atoms with Crippen molar-refractivity contribution in [2.24, 2.45) is 5.41 Å². The highest BCUT2D eigenvalue weighted by Gasteiger charge is 2.42. The van der Waals surface area contributed by atoms with Gasteiger partial charge < -0.3 is 9.64 Å². The Kier molecular flexibility index (Phi) is 3.77. The molecule has 0 amide bonds. The molecule has 1 aliphatic heterocycles. The molecule has 0 spiro atoms. The molecule has 2 heterocycles. The molecule has 3 rings (SSSR count). The van der Waals surface area contributed by atoms with Gasteiger partial charge in [-0.1, -0.05) is 18.2 Å². The average Bonchev–Trinajstić information content (AvgIpc) is 2.90. The maximum absolute atomic E-state index is 12.2.